The van der Waals surface area contributed by atoms with Crippen molar-refractivity contribution in [2.75, 3.05) is 6.61 Å². The molecule has 1 aliphatic carbocycles. The number of benzene rings is 1. The summed E-state index contributed by atoms with van der Waals surface area (Å²) in [6, 6.07) is 8.58. The Bertz CT molecular complexity index is 427. The summed E-state index contributed by atoms with van der Waals surface area (Å²) in [7, 11) is 0. The van der Waals surface area contributed by atoms with Crippen molar-refractivity contribution in [3.8, 4) is 0 Å². The molecular formula is C14H17NO. The molecule has 0 bridgehead atoms. The second-order valence-corrected chi connectivity index (χ2v) is 5.21. The highest BCUT2D eigenvalue weighted by molar-refractivity contribution is 5.95. The largest absolute Gasteiger partial charge is 0.475 e. The third-order valence-electron chi connectivity index (χ3n) is 3.47. The Labute approximate surface area is 96.3 Å². The Morgan fingerprint density at radius 3 is 2.38 bits per heavy atom. The van der Waals surface area contributed by atoms with Crippen LogP contribution in [0.5, 0.6) is 0 Å². The quantitative estimate of drug-likeness (QED) is 0.742. The molecule has 1 saturated carbocycles. The standard InChI is InChI=1S/C14H17NO/c1-10(2)11-3-5-12(6-4-11)13-15-14(7-8-14)9-16-13/h3-6,10H,7-9H2,1-2H3. The third kappa shape index (κ3) is 1.62. The zero-order valence-corrected chi connectivity index (χ0v) is 9.86. The fourth-order valence-corrected chi connectivity index (χ4v) is 2.04. The number of aliphatic imine (C=N–C) groups is 1. The van der Waals surface area contributed by atoms with Crippen LogP contribution < -0.4 is 0 Å². The first kappa shape index (κ1) is 9.88. The molecule has 0 atom stereocenters. The topological polar surface area (TPSA) is 21.6 Å². The third-order valence-corrected chi connectivity index (χ3v) is 3.47. The number of hydrogen-bond donors (Lipinski definition) is 0. The maximum absolute atomic E-state index is 5.67. The van der Waals surface area contributed by atoms with E-state index in [-0.39, 0.29) is 5.54 Å². The average molecular weight is 215 g/mol. The van der Waals surface area contributed by atoms with Crippen molar-refractivity contribution in [1.82, 2.24) is 0 Å². The van der Waals surface area contributed by atoms with E-state index in [1.165, 1.54) is 18.4 Å². The van der Waals surface area contributed by atoms with Gasteiger partial charge in [-0.05, 0) is 36.5 Å². The molecule has 84 valence electrons. The number of ether oxygens (including phenoxy) is 1. The molecule has 0 unspecified atom stereocenters. The van der Waals surface area contributed by atoms with Crippen LogP contribution in [-0.2, 0) is 4.74 Å². The van der Waals surface area contributed by atoms with Crippen LogP contribution in [0.2, 0.25) is 0 Å². The lowest BCUT2D eigenvalue weighted by atomic mass is 10.0. The number of rotatable bonds is 2. The second kappa shape index (κ2) is 3.34. The molecule has 16 heavy (non-hydrogen) atoms. The van der Waals surface area contributed by atoms with Gasteiger partial charge < -0.3 is 4.74 Å². The predicted molar refractivity (Wildman–Crippen MR) is 65.0 cm³/mol. The van der Waals surface area contributed by atoms with Crippen LogP contribution in [0.25, 0.3) is 0 Å². The Hall–Kier alpha value is -1.31. The monoisotopic (exact) mass is 215 g/mol. The lowest BCUT2D eigenvalue weighted by Gasteiger charge is -2.06. The molecule has 0 radical (unpaired) electrons. The van der Waals surface area contributed by atoms with Crippen molar-refractivity contribution in [3.05, 3.63) is 35.4 Å². The maximum atomic E-state index is 5.67. The van der Waals surface area contributed by atoms with E-state index in [9.17, 15) is 0 Å². The lowest BCUT2D eigenvalue weighted by molar-refractivity contribution is 0.311. The minimum atomic E-state index is 0.173. The summed E-state index contributed by atoms with van der Waals surface area (Å²) in [5.74, 6) is 1.42. The summed E-state index contributed by atoms with van der Waals surface area (Å²) in [6.07, 6.45) is 2.39. The van der Waals surface area contributed by atoms with Gasteiger partial charge in [0.25, 0.3) is 0 Å². The van der Waals surface area contributed by atoms with Gasteiger partial charge >= 0.3 is 0 Å². The molecule has 1 aromatic carbocycles. The Balaban J connectivity index is 1.85. The molecule has 0 aromatic heterocycles. The highest BCUT2D eigenvalue weighted by Crippen LogP contribution is 2.43. The summed E-state index contributed by atoms with van der Waals surface area (Å²) in [5.41, 5.74) is 2.66. The maximum Gasteiger partial charge on any atom is 0.216 e. The van der Waals surface area contributed by atoms with Gasteiger partial charge in [0.2, 0.25) is 5.90 Å². The highest BCUT2D eigenvalue weighted by Gasteiger charge is 2.47. The fraction of sp³-hybridized carbons (Fsp3) is 0.500. The Morgan fingerprint density at radius 1 is 1.19 bits per heavy atom. The predicted octanol–water partition coefficient (Wildman–Crippen LogP) is 3.12. The van der Waals surface area contributed by atoms with Crippen LogP contribution in [0.4, 0.5) is 0 Å². The molecule has 1 spiro atoms. The van der Waals surface area contributed by atoms with Crippen molar-refractivity contribution in [3.63, 3.8) is 0 Å². The average Bonchev–Trinajstić information content (AvgIpc) is 2.89. The van der Waals surface area contributed by atoms with Crippen molar-refractivity contribution < 1.29 is 4.74 Å². The van der Waals surface area contributed by atoms with Crippen LogP contribution >= 0.6 is 0 Å². The van der Waals surface area contributed by atoms with E-state index in [0.29, 0.717) is 5.92 Å². The van der Waals surface area contributed by atoms with E-state index in [1.807, 2.05) is 0 Å². The molecule has 0 amide bonds. The van der Waals surface area contributed by atoms with Gasteiger partial charge in [0.1, 0.15) is 6.61 Å². The second-order valence-electron chi connectivity index (χ2n) is 5.21. The van der Waals surface area contributed by atoms with E-state index in [4.69, 9.17) is 4.74 Å². The Morgan fingerprint density at radius 2 is 1.88 bits per heavy atom. The van der Waals surface area contributed by atoms with Gasteiger partial charge in [-0.25, -0.2) is 4.99 Å². The van der Waals surface area contributed by atoms with E-state index in [0.717, 1.165) is 18.1 Å². The van der Waals surface area contributed by atoms with Crippen molar-refractivity contribution in [2.45, 2.75) is 38.1 Å². The molecule has 3 rings (SSSR count). The van der Waals surface area contributed by atoms with Crippen molar-refractivity contribution >= 4 is 5.90 Å². The van der Waals surface area contributed by atoms with Crippen molar-refractivity contribution in [1.29, 1.82) is 0 Å². The van der Waals surface area contributed by atoms with Gasteiger partial charge in [-0.1, -0.05) is 26.0 Å². The van der Waals surface area contributed by atoms with Crippen LogP contribution in [0.1, 0.15) is 43.7 Å². The molecule has 2 heteroatoms. The molecular weight excluding hydrogens is 198 g/mol. The summed E-state index contributed by atoms with van der Waals surface area (Å²) in [5, 5.41) is 0. The molecule has 0 saturated heterocycles. The number of hydrogen-bond acceptors (Lipinski definition) is 2. The summed E-state index contributed by atoms with van der Waals surface area (Å²) < 4.78 is 5.67. The minimum Gasteiger partial charge on any atom is -0.475 e. The molecule has 2 aliphatic rings. The Kier molecular flexibility index (Phi) is 2.06. The zero-order valence-electron chi connectivity index (χ0n) is 9.86. The van der Waals surface area contributed by atoms with Crippen LogP contribution in [0, 0.1) is 0 Å². The molecule has 1 aliphatic heterocycles. The van der Waals surface area contributed by atoms with Crippen LogP contribution in [0.3, 0.4) is 0 Å². The smallest absolute Gasteiger partial charge is 0.216 e. The summed E-state index contributed by atoms with van der Waals surface area (Å²) in [4.78, 5) is 4.67. The normalized spacial score (nSPS) is 21.1. The van der Waals surface area contributed by atoms with Crippen LogP contribution in [-0.4, -0.2) is 18.0 Å². The molecule has 0 N–H and O–H groups in total. The van der Waals surface area contributed by atoms with Gasteiger partial charge in [0, 0.05) is 5.56 Å². The lowest BCUT2D eigenvalue weighted by Crippen LogP contribution is -2.05. The molecule has 2 nitrogen and oxygen atoms in total. The van der Waals surface area contributed by atoms with E-state index in [1.54, 1.807) is 0 Å². The SMILES string of the molecule is CC(C)c1ccc(C2=NC3(CC3)CO2)cc1. The fourth-order valence-electron chi connectivity index (χ4n) is 2.04. The van der Waals surface area contributed by atoms with Crippen LogP contribution in [0.15, 0.2) is 29.3 Å². The van der Waals surface area contributed by atoms with E-state index in [2.05, 4.69) is 43.1 Å². The van der Waals surface area contributed by atoms with Gasteiger partial charge in [-0.2, -0.15) is 0 Å². The van der Waals surface area contributed by atoms with Crippen molar-refractivity contribution in [2.24, 2.45) is 4.99 Å². The zero-order chi connectivity index (χ0) is 11.2. The first-order chi connectivity index (χ1) is 7.69. The van der Waals surface area contributed by atoms with Gasteiger partial charge in [-0.3, -0.25) is 0 Å². The summed E-state index contributed by atoms with van der Waals surface area (Å²) >= 11 is 0. The van der Waals surface area contributed by atoms with Gasteiger partial charge in [0.15, 0.2) is 0 Å². The van der Waals surface area contributed by atoms with E-state index < -0.39 is 0 Å². The van der Waals surface area contributed by atoms with Gasteiger partial charge in [0.05, 0.1) is 5.54 Å². The molecule has 1 heterocycles. The van der Waals surface area contributed by atoms with E-state index >= 15 is 0 Å². The first-order valence-electron chi connectivity index (χ1n) is 6.02. The summed E-state index contributed by atoms with van der Waals surface area (Å²) in [6.45, 7) is 5.20. The molecule has 1 aromatic rings. The number of nitrogens with zero attached hydrogens (tertiary/aromatic N) is 1. The highest BCUT2D eigenvalue weighted by atomic mass is 16.5. The first-order valence-corrected chi connectivity index (χ1v) is 6.02. The van der Waals surface area contributed by atoms with Gasteiger partial charge in [-0.15, -0.1) is 0 Å². The minimum absolute atomic E-state index is 0.173. The molecule has 1 fully saturated rings.